The fourth-order valence-electron chi connectivity index (χ4n) is 2.22. The SMILES string of the molecule is CC(C)C[C@H](N)C(=O)OC1CCCCCC1. The molecular formula is C13H25NO2. The van der Waals surface area contributed by atoms with Gasteiger partial charge in [-0.1, -0.05) is 26.7 Å². The molecule has 0 heterocycles. The number of hydrogen-bond acceptors (Lipinski definition) is 3. The summed E-state index contributed by atoms with van der Waals surface area (Å²) in [5, 5.41) is 0. The first-order valence-corrected chi connectivity index (χ1v) is 6.55. The van der Waals surface area contributed by atoms with Crippen LogP contribution in [0.15, 0.2) is 0 Å². The van der Waals surface area contributed by atoms with Crippen LogP contribution in [0.25, 0.3) is 0 Å². The summed E-state index contributed by atoms with van der Waals surface area (Å²) in [6.07, 6.45) is 7.76. The Kier molecular flexibility index (Phi) is 5.81. The molecule has 1 aliphatic rings. The summed E-state index contributed by atoms with van der Waals surface area (Å²) in [6, 6.07) is -0.441. The van der Waals surface area contributed by atoms with Gasteiger partial charge in [-0.2, -0.15) is 0 Å². The Morgan fingerprint density at radius 2 is 1.81 bits per heavy atom. The van der Waals surface area contributed by atoms with Crippen molar-refractivity contribution in [2.45, 2.75) is 70.9 Å². The summed E-state index contributed by atoms with van der Waals surface area (Å²) >= 11 is 0. The number of nitrogens with two attached hydrogens (primary N) is 1. The van der Waals surface area contributed by atoms with E-state index >= 15 is 0 Å². The fraction of sp³-hybridized carbons (Fsp3) is 0.923. The van der Waals surface area contributed by atoms with Crippen LogP contribution < -0.4 is 5.73 Å². The molecule has 1 aliphatic carbocycles. The van der Waals surface area contributed by atoms with Crippen LogP contribution in [0.4, 0.5) is 0 Å². The standard InChI is InChI=1S/C13H25NO2/c1-10(2)9-12(14)13(15)16-11-7-5-3-4-6-8-11/h10-12H,3-9,14H2,1-2H3/t12-/m0/s1. The number of rotatable bonds is 4. The van der Waals surface area contributed by atoms with Crippen LogP contribution in [0.3, 0.4) is 0 Å². The molecule has 94 valence electrons. The molecule has 3 heteroatoms. The molecule has 0 unspecified atom stereocenters. The third-order valence-electron chi connectivity index (χ3n) is 3.11. The summed E-state index contributed by atoms with van der Waals surface area (Å²) in [6.45, 7) is 4.14. The Morgan fingerprint density at radius 1 is 1.25 bits per heavy atom. The van der Waals surface area contributed by atoms with Gasteiger partial charge in [0.1, 0.15) is 12.1 Å². The molecule has 0 radical (unpaired) electrons. The maximum Gasteiger partial charge on any atom is 0.323 e. The minimum absolute atomic E-state index is 0.119. The molecule has 3 nitrogen and oxygen atoms in total. The van der Waals surface area contributed by atoms with Gasteiger partial charge in [0, 0.05) is 0 Å². The van der Waals surface area contributed by atoms with Crippen LogP contribution in [0.2, 0.25) is 0 Å². The van der Waals surface area contributed by atoms with Crippen molar-refractivity contribution in [2.75, 3.05) is 0 Å². The Balaban J connectivity index is 2.31. The average Bonchev–Trinajstić information content (AvgIpc) is 2.45. The molecule has 1 fully saturated rings. The fourth-order valence-corrected chi connectivity index (χ4v) is 2.22. The summed E-state index contributed by atoms with van der Waals surface area (Å²) in [4.78, 5) is 11.7. The monoisotopic (exact) mass is 227 g/mol. The van der Waals surface area contributed by atoms with E-state index in [1.54, 1.807) is 0 Å². The average molecular weight is 227 g/mol. The maximum atomic E-state index is 11.7. The van der Waals surface area contributed by atoms with Gasteiger partial charge in [0.15, 0.2) is 0 Å². The lowest BCUT2D eigenvalue weighted by Gasteiger charge is -2.19. The van der Waals surface area contributed by atoms with Gasteiger partial charge >= 0.3 is 5.97 Å². The highest BCUT2D eigenvalue weighted by Crippen LogP contribution is 2.20. The molecule has 1 rings (SSSR count). The van der Waals surface area contributed by atoms with Crippen LogP contribution in [0.5, 0.6) is 0 Å². The number of hydrogen-bond donors (Lipinski definition) is 1. The zero-order chi connectivity index (χ0) is 12.0. The molecule has 0 aliphatic heterocycles. The van der Waals surface area contributed by atoms with E-state index in [2.05, 4.69) is 13.8 Å². The number of carbonyl (C=O) groups excluding carboxylic acids is 1. The summed E-state index contributed by atoms with van der Waals surface area (Å²) in [5.41, 5.74) is 5.80. The summed E-state index contributed by atoms with van der Waals surface area (Å²) < 4.78 is 5.47. The lowest BCUT2D eigenvalue weighted by atomic mass is 10.0. The van der Waals surface area contributed by atoms with Gasteiger partial charge in [-0.25, -0.2) is 0 Å². The molecule has 0 saturated heterocycles. The highest BCUT2D eigenvalue weighted by Gasteiger charge is 2.21. The van der Waals surface area contributed by atoms with E-state index in [-0.39, 0.29) is 12.1 Å². The van der Waals surface area contributed by atoms with E-state index in [1.807, 2.05) is 0 Å². The van der Waals surface area contributed by atoms with Crippen molar-refractivity contribution in [3.8, 4) is 0 Å². The molecule has 1 saturated carbocycles. The van der Waals surface area contributed by atoms with E-state index in [0.717, 1.165) is 12.8 Å². The van der Waals surface area contributed by atoms with Crippen molar-refractivity contribution in [3.63, 3.8) is 0 Å². The normalized spacial score (nSPS) is 20.5. The molecule has 0 aromatic carbocycles. The zero-order valence-electron chi connectivity index (χ0n) is 10.6. The van der Waals surface area contributed by atoms with Crippen molar-refractivity contribution in [1.29, 1.82) is 0 Å². The van der Waals surface area contributed by atoms with Crippen LogP contribution in [-0.4, -0.2) is 18.1 Å². The van der Waals surface area contributed by atoms with Gasteiger partial charge in [-0.15, -0.1) is 0 Å². The Hall–Kier alpha value is -0.570. The minimum Gasteiger partial charge on any atom is -0.461 e. The van der Waals surface area contributed by atoms with E-state index in [4.69, 9.17) is 10.5 Å². The molecule has 0 bridgehead atoms. The van der Waals surface area contributed by atoms with E-state index in [0.29, 0.717) is 12.3 Å². The molecule has 0 aromatic rings. The second-order valence-corrected chi connectivity index (χ2v) is 5.29. The Labute approximate surface area is 98.7 Å². The second kappa shape index (κ2) is 6.89. The van der Waals surface area contributed by atoms with Gasteiger partial charge in [0.2, 0.25) is 0 Å². The first-order chi connectivity index (χ1) is 7.59. The quantitative estimate of drug-likeness (QED) is 0.593. The van der Waals surface area contributed by atoms with Crippen molar-refractivity contribution in [3.05, 3.63) is 0 Å². The first kappa shape index (κ1) is 13.5. The van der Waals surface area contributed by atoms with Crippen LogP contribution >= 0.6 is 0 Å². The summed E-state index contributed by atoms with van der Waals surface area (Å²) in [7, 11) is 0. The highest BCUT2D eigenvalue weighted by atomic mass is 16.5. The number of carbonyl (C=O) groups is 1. The molecule has 16 heavy (non-hydrogen) atoms. The third-order valence-corrected chi connectivity index (χ3v) is 3.11. The molecular weight excluding hydrogens is 202 g/mol. The van der Waals surface area contributed by atoms with Gasteiger partial charge in [-0.3, -0.25) is 4.79 Å². The third kappa shape index (κ3) is 4.97. The predicted octanol–water partition coefficient (Wildman–Crippen LogP) is 2.63. The first-order valence-electron chi connectivity index (χ1n) is 6.55. The summed E-state index contributed by atoms with van der Waals surface area (Å²) in [5.74, 6) is 0.234. The highest BCUT2D eigenvalue weighted by molar-refractivity contribution is 5.75. The topological polar surface area (TPSA) is 52.3 Å². The molecule has 0 aromatic heterocycles. The molecule has 1 atom stereocenters. The smallest absolute Gasteiger partial charge is 0.323 e. The number of ether oxygens (including phenoxy) is 1. The lowest BCUT2D eigenvalue weighted by molar-refractivity contribution is -0.151. The van der Waals surface area contributed by atoms with Crippen LogP contribution in [-0.2, 0) is 9.53 Å². The van der Waals surface area contributed by atoms with Crippen molar-refractivity contribution < 1.29 is 9.53 Å². The largest absolute Gasteiger partial charge is 0.461 e. The van der Waals surface area contributed by atoms with Crippen molar-refractivity contribution in [1.82, 2.24) is 0 Å². The Morgan fingerprint density at radius 3 is 2.31 bits per heavy atom. The van der Waals surface area contributed by atoms with Crippen molar-refractivity contribution >= 4 is 5.97 Å². The van der Waals surface area contributed by atoms with Crippen LogP contribution in [0, 0.1) is 5.92 Å². The maximum absolute atomic E-state index is 11.7. The molecule has 0 amide bonds. The molecule has 2 N–H and O–H groups in total. The van der Waals surface area contributed by atoms with Gasteiger partial charge in [-0.05, 0) is 38.0 Å². The van der Waals surface area contributed by atoms with E-state index < -0.39 is 6.04 Å². The second-order valence-electron chi connectivity index (χ2n) is 5.29. The van der Waals surface area contributed by atoms with Gasteiger partial charge in [0.25, 0.3) is 0 Å². The minimum atomic E-state index is -0.441. The van der Waals surface area contributed by atoms with E-state index in [1.165, 1.54) is 25.7 Å². The Bertz CT molecular complexity index is 208. The number of esters is 1. The van der Waals surface area contributed by atoms with Crippen LogP contribution in [0.1, 0.15) is 58.8 Å². The zero-order valence-corrected chi connectivity index (χ0v) is 10.6. The molecule has 0 spiro atoms. The van der Waals surface area contributed by atoms with E-state index in [9.17, 15) is 4.79 Å². The predicted molar refractivity (Wildman–Crippen MR) is 65.0 cm³/mol. The lowest BCUT2D eigenvalue weighted by Crippen LogP contribution is -2.36. The van der Waals surface area contributed by atoms with Gasteiger partial charge in [0.05, 0.1) is 0 Å². The van der Waals surface area contributed by atoms with Crippen molar-refractivity contribution in [2.24, 2.45) is 11.7 Å². The van der Waals surface area contributed by atoms with Gasteiger partial charge < -0.3 is 10.5 Å².